The van der Waals surface area contributed by atoms with E-state index in [-0.39, 0.29) is 6.04 Å². The molecule has 2 rings (SSSR count). The van der Waals surface area contributed by atoms with Gasteiger partial charge in [0.15, 0.2) is 0 Å². The summed E-state index contributed by atoms with van der Waals surface area (Å²) < 4.78 is 1.97. The lowest BCUT2D eigenvalue weighted by molar-refractivity contribution is 0.505. The molecule has 0 saturated heterocycles. The van der Waals surface area contributed by atoms with E-state index in [1.807, 2.05) is 36.0 Å². The van der Waals surface area contributed by atoms with Crippen LogP contribution in [0.5, 0.6) is 0 Å². The first-order chi connectivity index (χ1) is 9.11. The second-order valence-corrected chi connectivity index (χ2v) is 5.24. The summed E-state index contributed by atoms with van der Waals surface area (Å²) in [5.41, 5.74) is 3.71. The molecule has 0 saturated carbocycles. The van der Waals surface area contributed by atoms with Crippen molar-refractivity contribution < 1.29 is 0 Å². The van der Waals surface area contributed by atoms with Crippen LogP contribution in [0.3, 0.4) is 0 Å². The molecule has 1 aromatic heterocycles. The highest BCUT2D eigenvalue weighted by Crippen LogP contribution is 2.25. The number of hydrogen-bond donors (Lipinski definition) is 2. The van der Waals surface area contributed by atoms with Crippen LogP contribution in [0.4, 0.5) is 0 Å². The van der Waals surface area contributed by atoms with E-state index in [0.717, 1.165) is 11.4 Å². The zero-order valence-electron chi connectivity index (χ0n) is 10.6. The smallest absolute Gasteiger partial charge is 0.109 e. The van der Waals surface area contributed by atoms with Crippen LogP contribution in [-0.2, 0) is 19.9 Å². The molecule has 3 N–H and O–H groups in total. The van der Waals surface area contributed by atoms with E-state index in [0.29, 0.717) is 22.9 Å². The molecule has 102 valence electrons. The Morgan fingerprint density at radius 2 is 2.00 bits per heavy atom. The number of hydrogen-bond acceptors (Lipinski definition) is 3. The molecule has 0 amide bonds. The maximum Gasteiger partial charge on any atom is 0.109 e. The molecule has 0 aliphatic rings. The Morgan fingerprint density at radius 1 is 1.32 bits per heavy atom. The third-order valence-corrected chi connectivity index (χ3v) is 3.81. The van der Waals surface area contributed by atoms with Gasteiger partial charge in [0.25, 0.3) is 0 Å². The quantitative estimate of drug-likeness (QED) is 0.658. The number of imidazole rings is 1. The van der Waals surface area contributed by atoms with Crippen molar-refractivity contribution in [2.45, 2.75) is 18.9 Å². The Morgan fingerprint density at radius 3 is 2.53 bits per heavy atom. The number of benzene rings is 1. The standard InChI is InChI=1S/C13H16Cl2N4/c1-19-6-5-17-13(19)8-9(18-16)7-10-11(14)3-2-4-12(10)15/h2-6,9,18H,7-8,16H2,1H3. The fourth-order valence-corrected chi connectivity index (χ4v) is 2.53. The van der Waals surface area contributed by atoms with Crippen molar-refractivity contribution in [1.29, 1.82) is 0 Å². The van der Waals surface area contributed by atoms with Crippen molar-refractivity contribution >= 4 is 23.2 Å². The van der Waals surface area contributed by atoms with Gasteiger partial charge in [0.05, 0.1) is 0 Å². The number of rotatable bonds is 5. The van der Waals surface area contributed by atoms with Gasteiger partial charge < -0.3 is 4.57 Å². The number of hydrazine groups is 1. The topological polar surface area (TPSA) is 55.9 Å². The van der Waals surface area contributed by atoms with Crippen LogP contribution in [0.2, 0.25) is 10.0 Å². The fourth-order valence-electron chi connectivity index (χ4n) is 1.98. The molecule has 0 aliphatic heterocycles. The first-order valence-corrected chi connectivity index (χ1v) is 6.72. The van der Waals surface area contributed by atoms with Gasteiger partial charge in [0.1, 0.15) is 5.82 Å². The fraction of sp³-hybridized carbons (Fsp3) is 0.308. The number of nitrogens with two attached hydrogens (primary N) is 1. The monoisotopic (exact) mass is 298 g/mol. The first-order valence-electron chi connectivity index (χ1n) is 5.97. The molecular formula is C13H16Cl2N4. The van der Waals surface area contributed by atoms with Gasteiger partial charge in [-0.15, -0.1) is 0 Å². The summed E-state index contributed by atoms with van der Waals surface area (Å²) in [5, 5.41) is 1.32. The SMILES string of the molecule is Cn1ccnc1CC(Cc1c(Cl)cccc1Cl)NN. The number of nitrogens with zero attached hydrogens (tertiary/aromatic N) is 2. The minimum absolute atomic E-state index is 0.0264. The van der Waals surface area contributed by atoms with E-state index >= 15 is 0 Å². The minimum atomic E-state index is 0.0264. The summed E-state index contributed by atoms with van der Waals surface area (Å²) in [6.07, 6.45) is 5.04. The van der Waals surface area contributed by atoms with Crippen LogP contribution in [0.15, 0.2) is 30.6 Å². The highest BCUT2D eigenvalue weighted by atomic mass is 35.5. The number of aromatic nitrogens is 2. The molecule has 1 atom stereocenters. The van der Waals surface area contributed by atoms with Crippen LogP contribution < -0.4 is 11.3 Å². The van der Waals surface area contributed by atoms with E-state index in [9.17, 15) is 0 Å². The molecule has 0 aliphatic carbocycles. The molecule has 4 nitrogen and oxygen atoms in total. The molecule has 19 heavy (non-hydrogen) atoms. The number of halogens is 2. The van der Waals surface area contributed by atoms with Gasteiger partial charge in [0, 0.05) is 41.9 Å². The van der Waals surface area contributed by atoms with Gasteiger partial charge in [-0.1, -0.05) is 29.3 Å². The molecule has 0 radical (unpaired) electrons. The molecular weight excluding hydrogens is 283 g/mol. The predicted octanol–water partition coefficient (Wildman–Crippen LogP) is 2.34. The first kappa shape index (κ1) is 14.3. The third-order valence-electron chi connectivity index (χ3n) is 3.10. The maximum absolute atomic E-state index is 6.17. The lowest BCUT2D eigenvalue weighted by Crippen LogP contribution is -2.39. The zero-order chi connectivity index (χ0) is 13.8. The number of nitrogens with one attached hydrogen (secondary N) is 1. The molecule has 1 heterocycles. The highest BCUT2D eigenvalue weighted by Gasteiger charge is 2.15. The maximum atomic E-state index is 6.17. The zero-order valence-corrected chi connectivity index (χ0v) is 12.1. The average molecular weight is 299 g/mol. The molecule has 1 aromatic carbocycles. The Balaban J connectivity index is 2.13. The van der Waals surface area contributed by atoms with Crippen LogP contribution in [0, 0.1) is 0 Å². The Labute approximate surface area is 122 Å². The second-order valence-electron chi connectivity index (χ2n) is 4.43. The summed E-state index contributed by atoms with van der Waals surface area (Å²) >= 11 is 12.3. The van der Waals surface area contributed by atoms with Gasteiger partial charge in [-0.2, -0.15) is 0 Å². The Bertz CT molecular complexity index is 533. The van der Waals surface area contributed by atoms with Crippen LogP contribution >= 0.6 is 23.2 Å². The lowest BCUT2D eigenvalue weighted by atomic mass is 10.0. The number of aryl methyl sites for hydroxylation is 1. The van der Waals surface area contributed by atoms with Crippen molar-refractivity contribution in [3.63, 3.8) is 0 Å². The normalized spacial score (nSPS) is 12.6. The van der Waals surface area contributed by atoms with Gasteiger partial charge >= 0.3 is 0 Å². The summed E-state index contributed by atoms with van der Waals surface area (Å²) in [5.74, 6) is 6.58. The Kier molecular flexibility index (Phi) is 4.82. The van der Waals surface area contributed by atoms with Crippen molar-refractivity contribution in [1.82, 2.24) is 15.0 Å². The van der Waals surface area contributed by atoms with Crippen molar-refractivity contribution in [3.05, 3.63) is 52.0 Å². The van der Waals surface area contributed by atoms with E-state index in [4.69, 9.17) is 29.0 Å². The molecule has 0 fully saturated rings. The largest absolute Gasteiger partial charge is 0.338 e. The van der Waals surface area contributed by atoms with Gasteiger partial charge in [-0.3, -0.25) is 11.3 Å². The summed E-state index contributed by atoms with van der Waals surface area (Å²) in [6, 6.07) is 5.52. The molecule has 0 bridgehead atoms. The van der Waals surface area contributed by atoms with E-state index in [1.165, 1.54) is 0 Å². The summed E-state index contributed by atoms with van der Waals surface area (Å²) in [6.45, 7) is 0. The summed E-state index contributed by atoms with van der Waals surface area (Å²) in [4.78, 5) is 4.29. The van der Waals surface area contributed by atoms with Crippen LogP contribution in [-0.4, -0.2) is 15.6 Å². The molecule has 1 unspecified atom stereocenters. The molecule has 2 aromatic rings. The Hall–Kier alpha value is -1.07. The van der Waals surface area contributed by atoms with Crippen molar-refractivity contribution in [2.24, 2.45) is 12.9 Å². The minimum Gasteiger partial charge on any atom is -0.338 e. The predicted molar refractivity (Wildman–Crippen MR) is 78.2 cm³/mol. The third kappa shape index (κ3) is 3.48. The second kappa shape index (κ2) is 6.39. The van der Waals surface area contributed by atoms with Crippen LogP contribution in [0.25, 0.3) is 0 Å². The molecule has 0 spiro atoms. The van der Waals surface area contributed by atoms with Gasteiger partial charge in [-0.25, -0.2) is 4.98 Å². The average Bonchev–Trinajstić information content (AvgIpc) is 2.78. The van der Waals surface area contributed by atoms with Crippen LogP contribution in [0.1, 0.15) is 11.4 Å². The van der Waals surface area contributed by atoms with Crippen molar-refractivity contribution in [3.8, 4) is 0 Å². The van der Waals surface area contributed by atoms with Crippen molar-refractivity contribution in [2.75, 3.05) is 0 Å². The van der Waals surface area contributed by atoms with Gasteiger partial charge in [-0.05, 0) is 24.1 Å². The molecule has 6 heteroatoms. The van der Waals surface area contributed by atoms with E-state index in [1.54, 1.807) is 6.20 Å². The summed E-state index contributed by atoms with van der Waals surface area (Å²) in [7, 11) is 1.96. The van der Waals surface area contributed by atoms with E-state index < -0.39 is 0 Å². The highest BCUT2D eigenvalue weighted by molar-refractivity contribution is 6.36. The van der Waals surface area contributed by atoms with Gasteiger partial charge in [0.2, 0.25) is 0 Å². The lowest BCUT2D eigenvalue weighted by Gasteiger charge is -2.17. The van der Waals surface area contributed by atoms with E-state index in [2.05, 4.69) is 10.4 Å².